The Morgan fingerprint density at radius 2 is 2.00 bits per heavy atom. The van der Waals surface area contributed by atoms with E-state index in [2.05, 4.69) is 25.7 Å². The van der Waals surface area contributed by atoms with Crippen molar-refractivity contribution in [3.8, 4) is 11.8 Å². The van der Waals surface area contributed by atoms with Crippen LogP contribution in [0.4, 0.5) is 0 Å². The number of hydrogen-bond acceptors (Lipinski definition) is 4. The summed E-state index contributed by atoms with van der Waals surface area (Å²) in [6, 6.07) is 0. The first kappa shape index (κ1) is 20.5. The van der Waals surface area contributed by atoms with Crippen molar-refractivity contribution in [3.63, 3.8) is 0 Å². The van der Waals surface area contributed by atoms with Gasteiger partial charge in [-0.25, -0.2) is 4.79 Å². The lowest BCUT2D eigenvalue weighted by molar-refractivity contribution is -0.137. The van der Waals surface area contributed by atoms with E-state index in [1.54, 1.807) is 6.92 Å². The molecule has 4 heteroatoms. The van der Waals surface area contributed by atoms with Crippen LogP contribution >= 0.6 is 0 Å². The minimum absolute atomic E-state index is 0.193. The van der Waals surface area contributed by atoms with Crippen molar-refractivity contribution in [1.29, 1.82) is 0 Å². The fraction of sp³-hybridized carbons (Fsp3) is 0.591. The van der Waals surface area contributed by atoms with Gasteiger partial charge in [0.2, 0.25) is 0 Å². The number of carbonyl (C=O) groups is 1. The minimum Gasteiger partial charge on any atom is -0.463 e. The van der Waals surface area contributed by atoms with Crippen LogP contribution in [-0.4, -0.2) is 35.0 Å². The molecule has 1 N–H and O–H groups in total. The van der Waals surface area contributed by atoms with Crippen molar-refractivity contribution in [3.05, 3.63) is 35.5 Å². The van der Waals surface area contributed by atoms with E-state index in [4.69, 9.17) is 9.47 Å². The zero-order chi connectivity index (χ0) is 19.6. The summed E-state index contributed by atoms with van der Waals surface area (Å²) in [6.07, 6.45) is 8.09. The maximum absolute atomic E-state index is 11.4. The molecule has 0 aromatic rings. The first-order chi connectivity index (χ1) is 12.1. The zero-order valence-corrected chi connectivity index (χ0v) is 16.7. The molecule has 1 aliphatic heterocycles. The summed E-state index contributed by atoms with van der Waals surface area (Å²) >= 11 is 0. The van der Waals surface area contributed by atoms with Gasteiger partial charge in [-0.3, -0.25) is 0 Å². The number of ether oxygens (including phenoxy) is 2. The van der Waals surface area contributed by atoms with Crippen molar-refractivity contribution >= 4 is 5.97 Å². The van der Waals surface area contributed by atoms with Crippen LogP contribution in [0.1, 0.15) is 54.4 Å². The van der Waals surface area contributed by atoms with Crippen LogP contribution in [0.2, 0.25) is 0 Å². The molecular formula is C22H30O4. The van der Waals surface area contributed by atoms with Crippen LogP contribution in [0.15, 0.2) is 35.5 Å². The fourth-order valence-electron chi connectivity index (χ4n) is 3.92. The molecule has 142 valence electrons. The molecule has 0 amide bonds. The third kappa shape index (κ3) is 4.11. The van der Waals surface area contributed by atoms with Crippen LogP contribution in [0.3, 0.4) is 0 Å². The zero-order valence-electron chi connectivity index (χ0n) is 16.7. The van der Waals surface area contributed by atoms with Gasteiger partial charge in [-0.05, 0) is 45.3 Å². The molecule has 3 atom stereocenters. The number of aliphatic hydroxyl groups is 1. The molecule has 1 aliphatic carbocycles. The van der Waals surface area contributed by atoms with Crippen molar-refractivity contribution in [2.24, 2.45) is 5.41 Å². The monoisotopic (exact) mass is 358 g/mol. The van der Waals surface area contributed by atoms with Crippen LogP contribution in [0, 0.1) is 17.3 Å². The van der Waals surface area contributed by atoms with Crippen LogP contribution in [0.25, 0.3) is 0 Å². The molecule has 26 heavy (non-hydrogen) atoms. The largest absolute Gasteiger partial charge is 0.463 e. The molecule has 0 aromatic carbocycles. The molecule has 0 spiro atoms. The highest BCUT2D eigenvalue weighted by Crippen LogP contribution is 2.64. The third-order valence-electron chi connectivity index (χ3n) is 5.18. The fourth-order valence-corrected chi connectivity index (χ4v) is 3.92. The summed E-state index contributed by atoms with van der Waals surface area (Å²) in [6.45, 7) is 12.2. The number of esters is 1. The predicted molar refractivity (Wildman–Crippen MR) is 102 cm³/mol. The quantitative estimate of drug-likeness (QED) is 0.274. The molecule has 0 radical (unpaired) electrons. The number of allylic oxidation sites excluding steroid dienone is 5. The van der Waals surface area contributed by atoms with Gasteiger partial charge in [0.1, 0.15) is 5.60 Å². The van der Waals surface area contributed by atoms with E-state index in [1.165, 1.54) is 6.08 Å². The van der Waals surface area contributed by atoms with Gasteiger partial charge in [0.15, 0.2) is 5.60 Å². The Morgan fingerprint density at radius 1 is 1.31 bits per heavy atom. The van der Waals surface area contributed by atoms with Crippen molar-refractivity contribution in [2.75, 3.05) is 6.61 Å². The average molecular weight is 358 g/mol. The molecule has 4 nitrogen and oxygen atoms in total. The Kier molecular flexibility index (Phi) is 5.85. The average Bonchev–Trinajstić information content (AvgIpc) is 3.11. The molecule has 2 fully saturated rings. The molecule has 2 aliphatic rings. The SMILES string of the molecule is CCOC(=O)/C=C(C)/C=C/C=C(\C)C#C[C@@]12O[C@]1(C)C[C@@H](O)CC2(C)C. The van der Waals surface area contributed by atoms with Crippen molar-refractivity contribution in [1.82, 2.24) is 0 Å². The molecule has 1 saturated carbocycles. The summed E-state index contributed by atoms with van der Waals surface area (Å²) in [4.78, 5) is 11.4. The lowest BCUT2D eigenvalue weighted by Gasteiger charge is -2.37. The maximum Gasteiger partial charge on any atom is 0.330 e. The topological polar surface area (TPSA) is 59.1 Å². The highest BCUT2D eigenvalue weighted by molar-refractivity contribution is 5.83. The maximum atomic E-state index is 11.4. The molecule has 0 unspecified atom stereocenters. The second-order valence-electron chi connectivity index (χ2n) is 8.06. The number of aliphatic hydroxyl groups excluding tert-OH is 1. The lowest BCUT2D eigenvalue weighted by Crippen LogP contribution is -2.46. The lowest BCUT2D eigenvalue weighted by atomic mass is 9.63. The van der Waals surface area contributed by atoms with E-state index >= 15 is 0 Å². The van der Waals surface area contributed by atoms with E-state index < -0.39 is 5.60 Å². The standard InChI is InChI=1S/C22H30O4/c1-7-25-19(24)13-17(3)10-8-9-16(2)11-12-22-20(4,5)14-18(23)15-21(22,6)26-22/h8-10,13,18,23H,7,14-15H2,1-6H3/b10-8+,16-9+,17-13+/t18-,21+,22-/m0/s1. The van der Waals surface area contributed by atoms with Gasteiger partial charge in [0.25, 0.3) is 0 Å². The summed E-state index contributed by atoms with van der Waals surface area (Å²) < 4.78 is 10.9. The molecule has 0 bridgehead atoms. The first-order valence-electron chi connectivity index (χ1n) is 9.17. The number of fused-ring (bicyclic) bond motifs is 1. The molecular weight excluding hydrogens is 328 g/mol. The highest BCUT2D eigenvalue weighted by atomic mass is 16.6. The second-order valence-corrected chi connectivity index (χ2v) is 8.06. The minimum atomic E-state index is -0.488. The second kappa shape index (κ2) is 7.42. The van der Waals surface area contributed by atoms with Gasteiger partial charge in [-0.1, -0.05) is 43.9 Å². The van der Waals surface area contributed by atoms with Crippen LogP contribution < -0.4 is 0 Å². The molecule has 1 saturated heterocycles. The predicted octanol–water partition coefficient (Wildman–Crippen LogP) is 3.71. The van der Waals surface area contributed by atoms with E-state index in [0.717, 1.165) is 11.1 Å². The van der Waals surface area contributed by atoms with E-state index in [9.17, 15) is 9.90 Å². The Hall–Kier alpha value is -1.83. The van der Waals surface area contributed by atoms with Gasteiger partial charge < -0.3 is 14.6 Å². The Labute approximate surface area is 157 Å². The van der Waals surface area contributed by atoms with Crippen molar-refractivity contribution < 1.29 is 19.4 Å². The Morgan fingerprint density at radius 3 is 2.62 bits per heavy atom. The Bertz CT molecular complexity index is 716. The smallest absolute Gasteiger partial charge is 0.330 e. The molecule has 1 heterocycles. The summed E-state index contributed by atoms with van der Waals surface area (Å²) in [5.74, 6) is 6.21. The van der Waals surface area contributed by atoms with Gasteiger partial charge in [-0.15, -0.1) is 0 Å². The summed E-state index contributed by atoms with van der Waals surface area (Å²) in [5, 5.41) is 10.1. The number of epoxide rings is 1. The van der Waals surface area contributed by atoms with E-state index in [1.807, 2.05) is 39.0 Å². The van der Waals surface area contributed by atoms with E-state index in [-0.39, 0.29) is 23.1 Å². The van der Waals surface area contributed by atoms with Crippen molar-refractivity contribution in [2.45, 2.75) is 71.7 Å². The summed E-state index contributed by atoms with van der Waals surface area (Å²) in [5.41, 5.74) is 0.689. The highest BCUT2D eigenvalue weighted by Gasteiger charge is 2.75. The van der Waals surface area contributed by atoms with Crippen LogP contribution in [0.5, 0.6) is 0 Å². The Balaban J connectivity index is 2.07. The first-order valence-corrected chi connectivity index (χ1v) is 9.17. The van der Waals surface area contributed by atoms with E-state index in [0.29, 0.717) is 19.4 Å². The van der Waals surface area contributed by atoms with Crippen LogP contribution in [-0.2, 0) is 14.3 Å². The van der Waals surface area contributed by atoms with Gasteiger partial charge >= 0.3 is 5.97 Å². The number of rotatable bonds is 4. The number of hydrogen-bond donors (Lipinski definition) is 1. The normalized spacial score (nSPS) is 33.3. The molecule has 0 aromatic heterocycles. The van der Waals surface area contributed by atoms with Gasteiger partial charge in [-0.2, -0.15) is 0 Å². The van der Waals surface area contributed by atoms with Gasteiger partial charge in [0, 0.05) is 17.9 Å². The third-order valence-corrected chi connectivity index (χ3v) is 5.18. The summed E-state index contributed by atoms with van der Waals surface area (Å²) in [7, 11) is 0. The number of carbonyl (C=O) groups excluding carboxylic acids is 1. The molecule has 2 rings (SSSR count). The van der Waals surface area contributed by atoms with Gasteiger partial charge in [0.05, 0.1) is 12.7 Å².